The number of fused-ring (bicyclic) bond motifs is 1. The van der Waals surface area contributed by atoms with E-state index in [2.05, 4.69) is 39.1 Å². The molecule has 0 bridgehead atoms. The second kappa shape index (κ2) is 8.95. The van der Waals surface area contributed by atoms with Crippen LogP contribution in [-0.4, -0.2) is 41.2 Å². The molecule has 1 aromatic heterocycles. The molecule has 1 aliphatic rings. The van der Waals surface area contributed by atoms with Crippen molar-refractivity contribution in [2.24, 2.45) is 0 Å². The number of carboxylic acids is 1. The van der Waals surface area contributed by atoms with Crippen molar-refractivity contribution >= 4 is 11.9 Å². The Morgan fingerprint density at radius 1 is 1.07 bits per heavy atom. The second-order valence-corrected chi connectivity index (χ2v) is 7.44. The van der Waals surface area contributed by atoms with Crippen LogP contribution in [0.1, 0.15) is 32.7 Å². The minimum atomic E-state index is -0.995. The molecule has 154 valence electrons. The fraction of sp³-hybridized carbons (Fsp3) is 0.292. The van der Waals surface area contributed by atoms with Gasteiger partial charge in [0.1, 0.15) is 5.75 Å². The number of anilines is 1. The van der Waals surface area contributed by atoms with Crippen molar-refractivity contribution in [1.29, 1.82) is 0 Å². The highest BCUT2D eigenvalue weighted by molar-refractivity contribution is 5.88. The van der Waals surface area contributed by atoms with Crippen LogP contribution in [0.2, 0.25) is 0 Å². The number of aromatic nitrogens is 2. The Labute approximate surface area is 176 Å². The van der Waals surface area contributed by atoms with Gasteiger partial charge in [0.25, 0.3) is 0 Å². The van der Waals surface area contributed by atoms with E-state index in [4.69, 9.17) is 4.74 Å². The smallest absolute Gasteiger partial charge is 0.339 e. The van der Waals surface area contributed by atoms with Gasteiger partial charge in [-0.15, -0.1) is 0 Å². The molecule has 0 unspecified atom stereocenters. The molecule has 3 aromatic rings. The zero-order valence-electron chi connectivity index (χ0n) is 17.0. The molecular weight excluding hydrogens is 378 g/mol. The van der Waals surface area contributed by atoms with E-state index in [1.807, 2.05) is 24.3 Å². The predicted molar refractivity (Wildman–Crippen MR) is 115 cm³/mol. The Morgan fingerprint density at radius 3 is 2.47 bits per heavy atom. The van der Waals surface area contributed by atoms with E-state index in [0.717, 1.165) is 37.2 Å². The van der Waals surface area contributed by atoms with Gasteiger partial charge in [0, 0.05) is 19.3 Å². The van der Waals surface area contributed by atoms with Crippen molar-refractivity contribution in [3.8, 4) is 5.75 Å². The number of hydrogen-bond acceptors (Lipinski definition) is 5. The first-order valence-electron chi connectivity index (χ1n) is 10.2. The first kappa shape index (κ1) is 19.9. The Kier molecular flexibility index (Phi) is 5.93. The predicted octanol–water partition coefficient (Wildman–Crippen LogP) is 3.57. The summed E-state index contributed by atoms with van der Waals surface area (Å²) in [6.45, 7) is 1.64. The largest absolute Gasteiger partial charge is 0.497 e. The molecule has 1 aliphatic heterocycles. The Hall–Kier alpha value is -3.41. The SMILES string of the molecule is COc1cccc(CCc2nc(N3CCc4ccccc4CC3)ncc2C(=O)O)c1. The molecule has 2 aromatic carbocycles. The number of benzene rings is 2. The molecule has 0 amide bonds. The van der Waals surface area contributed by atoms with Crippen LogP contribution in [0.15, 0.2) is 54.7 Å². The van der Waals surface area contributed by atoms with E-state index in [-0.39, 0.29) is 5.56 Å². The third kappa shape index (κ3) is 4.43. The summed E-state index contributed by atoms with van der Waals surface area (Å²) in [6.07, 6.45) is 4.51. The number of aryl methyl sites for hydroxylation is 2. The number of aromatic carboxylic acids is 1. The van der Waals surface area contributed by atoms with Crippen molar-refractivity contribution in [2.45, 2.75) is 25.7 Å². The van der Waals surface area contributed by atoms with Crippen molar-refractivity contribution in [1.82, 2.24) is 9.97 Å². The van der Waals surface area contributed by atoms with Gasteiger partial charge in [-0.3, -0.25) is 0 Å². The average Bonchev–Trinajstić information content (AvgIpc) is 3.00. The molecule has 2 heterocycles. The molecular formula is C24H25N3O3. The van der Waals surface area contributed by atoms with Gasteiger partial charge >= 0.3 is 5.97 Å². The standard InChI is InChI=1S/C24H25N3O3/c1-30-20-8-4-5-17(15-20)9-10-22-21(23(28)29)16-25-24(26-22)27-13-11-18-6-2-3-7-19(18)12-14-27/h2-8,15-16H,9-14H2,1H3,(H,28,29). The lowest BCUT2D eigenvalue weighted by atomic mass is 10.0. The molecule has 0 atom stereocenters. The van der Waals surface area contributed by atoms with E-state index in [1.54, 1.807) is 7.11 Å². The van der Waals surface area contributed by atoms with E-state index < -0.39 is 5.97 Å². The van der Waals surface area contributed by atoms with Crippen molar-refractivity contribution in [3.05, 3.63) is 82.7 Å². The van der Waals surface area contributed by atoms with Crippen molar-refractivity contribution in [3.63, 3.8) is 0 Å². The van der Waals surface area contributed by atoms with E-state index in [1.165, 1.54) is 17.3 Å². The van der Waals surface area contributed by atoms with Gasteiger partial charge < -0.3 is 14.7 Å². The molecule has 1 N–H and O–H groups in total. The molecule has 0 radical (unpaired) electrons. The summed E-state index contributed by atoms with van der Waals surface area (Å²) >= 11 is 0. The molecule has 0 aliphatic carbocycles. The van der Waals surface area contributed by atoms with Gasteiger partial charge in [-0.1, -0.05) is 36.4 Å². The monoisotopic (exact) mass is 403 g/mol. The van der Waals surface area contributed by atoms with E-state index in [9.17, 15) is 9.90 Å². The average molecular weight is 403 g/mol. The normalized spacial score (nSPS) is 13.4. The molecule has 6 heteroatoms. The summed E-state index contributed by atoms with van der Waals surface area (Å²) in [5, 5.41) is 9.60. The van der Waals surface area contributed by atoms with Gasteiger partial charge in [0.2, 0.25) is 5.95 Å². The number of rotatable bonds is 6. The zero-order valence-corrected chi connectivity index (χ0v) is 17.0. The summed E-state index contributed by atoms with van der Waals surface area (Å²) in [4.78, 5) is 22.9. The Bertz CT molecular complexity index is 1020. The maximum absolute atomic E-state index is 11.7. The summed E-state index contributed by atoms with van der Waals surface area (Å²) in [7, 11) is 1.64. The number of nitrogens with zero attached hydrogens (tertiary/aromatic N) is 3. The molecule has 0 saturated carbocycles. The van der Waals surface area contributed by atoms with Gasteiger partial charge in [0.05, 0.1) is 18.4 Å². The van der Waals surface area contributed by atoms with Crippen LogP contribution in [0.25, 0.3) is 0 Å². The van der Waals surface area contributed by atoms with Crippen LogP contribution < -0.4 is 9.64 Å². The van der Waals surface area contributed by atoms with Gasteiger partial charge in [-0.25, -0.2) is 14.8 Å². The molecule has 30 heavy (non-hydrogen) atoms. The molecule has 0 fully saturated rings. The zero-order chi connectivity index (χ0) is 20.9. The lowest BCUT2D eigenvalue weighted by molar-refractivity contribution is 0.0694. The van der Waals surface area contributed by atoms with Gasteiger partial charge in [-0.2, -0.15) is 0 Å². The Balaban J connectivity index is 1.54. The van der Waals surface area contributed by atoms with Crippen LogP contribution in [0, 0.1) is 0 Å². The number of ether oxygens (including phenoxy) is 1. The molecule has 6 nitrogen and oxygen atoms in total. The topological polar surface area (TPSA) is 75.5 Å². The van der Waals surface area contributed by atoms with Crippen LogP contribution in [-0.2, 0) is 25.7 Å². The number of hydrogen-bond donors (Lipinski definition) is 1. The quantitative estimate of drug-likeness (QED) is 0.678. The third-order valence-corrected chi connectivity index (χ3v) is 5.57. The lowest BCUT2D eigenvalue weighted by Gasteiger charge is -2.21. The van der Waals surface area contributed by atoms with Crippen molar-refractivity contribution < 1.29 is 14.6 Å². The fourth-order valence-corrected chi connectivity index (χ4v) is 3.89. The van der Waals surface area contributed by atoms with Gasteiger partial charge in [0.15, 0.2) is 0 Å². The minimum absolute atomic E-state index is 0.166. The van der Waals surface area contributed by atoms with E-state index in [0.29, 0.717) is 24.5 Å². The number of carbonyl (C=O) groups is 1. The summed E-state index contributed by atoms with van der Waals surface area (Å²) in [6, 6.07) is 16.3. The summed E-state index contributed by atoms with van der Waals surface area (Å²) in [5.74, 6) is 0.400. The highest BCUT2D eigenvalue weighted by Gasteiger charge is 2.19. The van der Waals surface area contributed by atoms with Crippen LogP contribution in [0.4, 0.5) is 5.95 Å². The molecule has 4 rings (SSSR count). The van der Waals surface area contributed by atoms with Crippen LogP contribution >= 0.6 is 0 Å². The highest BCUT2D eigenvalue weighted by atomic mass is 16.5. The second-order valence-electron chi connectivity index (χ2n) is 7.44. The first-order valence-corrected chi connectivity index (χ1v) is 10.2. The van der Waals surface area contributed by atoms with Gasteiger partial charge in [-0.05, 0) is 54.5 Å². The Morgan fingerprint density at radius 2 is 1.80 bits per heavy atom. The van der Waals surface area contributed by atoms with Crippen LogP contribution in [0.3, 0.4) is 0 Å². The van der Waals surface area contributed by atoms with E-state index >= 15 is 0 Å². The maximum Gasteiger partial charge on any atom is 0.339 e. The third-order valence-electron chi connectivity index (χ3n) is 5.57. The maximum atomic E-state index is 11.7. The number of methoxy groups -OCH3 is 1. The van der Waals surface area contributed by atoms with Crippen LogP contribution in [0.5, 0.6) is 5.75 Å². The highest BCUT2D eigenvalue weighted by Crippen LogP contribution is 2.21. The summed E-state index contributed by atoms with van der Waals surface area (Å²) < 4.78 is 5.28. The summed E-state index contributed by atoms with van der Waals surface area (Å²) in [5.41, 5.74) is 4.54. The number of carboxylic acid groups (broad SMARTS) is 1. The fourth-order valence-electron chi connectivity index (χ4n) is 3.89. The van der Waals surface area contributed by atoms with Crippen molar-refractivity contribution in [2.75, 3.05) is 25.1 Å². The molecule has 0 spiro atoms. The first-order chi connectivity index (χ1) is 14.6. The minimum Gasteiger partial charge on any atom is -0.497 e. The molecule has 0 saturated heterocycles. The lowest BCUT2D eigenvalue weighted by Crippen LogP contribution is -2.28.